The minimum atomic E-state index is -0.917. The Morgan fingerprint density at radius 1 is 1.28 bits per heavy atom. The highest BCUT2D eigenvalue weighted by atomic mass is 35.5. The van der Waals surface area contributed by atoms with Crippen molar-refractivity contribution >= 4 is 40.3 Å². The third kappa shape index (κ3) is 2.44. The number of aromatic amines is 1. The van der Waals surface area contributed by atoms with Gasteiger partial charge in [-0.1, -0.05) is 17.7 Å². The van der Waals surface area contributed by atoms with E-state index in [2.05, 4.69) is 30.2 Å². The lowest BCUT2D eigenvalue weighted by Crippen LogP contribution is -2.27. The second-order valence-electron chi connectivity index (χ2n) is 4.94. The molecule has 0 bridgehead atoms. The average Bonchev–Trinajstić information content (AvgIpc) is 3.04. The Hall–Kier alpha value is -3.53. The Kier molecular flexibility index (Phi) is 3.32. The van der Waals surface area contributed by atoms with E-state index in [1.54, 1.807) is 12.1 Å². The Labute approximate surface area is 143 Å². The lowest BCUT2D eigenvalue weighted by molar-refractivity contribution is 0.102. The van der Waals surface area contributed by atoms with Crippen molar-refractivity contribution in [2.24, 2.45) is 0 Å². The lowest BCUT2D eigenvalue weighted by Gasteiger charge is -2.07. The maximum Gasteiger partial charge on any atom is 0.274 e. The van der Waals surface area contributed by atoms with Crippen molar-refractivity contribution in [1.82, 2.24) is 29.3 Å². The second-order valence-corrected chi connectivity index (χ2v) is 5.30. The number of anilines is 1. The number of nitrogens with zero attached hydrogens (tertiary/aromatic N) is 5. The molecule has 1 amide bonds. The zero-order valence-electron chi connectivity index (χ0n) is 12.3. The van der Waals surface area contributed by atoms with E-state index >= 15 is 0 Å². The van der Waals surface area contributed by atoms with Gasteiger partial charge in [0.1, 0.15) is 11.2 Å². The van der Waals surface area contributed by atoms with Crippen molar-refractivity contribution in [1.29, 1.82) is 0 Å². The van der Waals surface area contributed by atoms with Gasteiger partial charge in [-0.3, -0.25) is 19.3 Å². The fraction of sp³-hybridized carbons (Fsp3) is 0. The number of pyridine rings is 1. The summed E-state index contributed by atoms with van der Waals surface area (Å²) in [4.78, 5) is 43.3. The number of carbonyl (C=O) groups excluding carboxylic acids is 1. The first kappa shape index (κ1) is 15.0. The number of fused-ring (bicyclic) bond motifs is 2. The number of aromatic hydroxyl groups is 1. The van der Waals surface area contributed by atoms with E-state index in [0.717, 1.165) is 4.40 Å². The summed E-state index contributed by atoms with van der Waals surface area (Å²) < 4.78 is 1.14. The SMILES string of the molecule is O=C(Nc1nc(Cl)c2[nH]cnc2n1)c1c(O)nc2ccccn2c1=O. The normalized spacial score (nSPS) is 11.1. The molecule has 0 saturated carbocycles. The monoisotopic (exact) mass is 357 g/mol. The molecule has 3 N–H and O–H groups in total. The summed E-state index contributed by atoms with van der Waals surface area (Å²) in [5.41, 5.74) is -0.403. The van der Waals surface area contributed by atoms with Crippen molar-refractivity contribution < 1.29 is 9.90 Å². The third-order valence-corrected chi connectivity index (χ3v) is 3.68. The van der Waals surface area contributed by atoms with Crippen LogP contribution < -0.4 is 10.9 Å². The van der Waals surface area contributed by atoms with Crippen LogP contribution in [0.1, 0.15) is 10.4 Å². The zero-order valence-corrected chi connectivity index (χ0v) is 13.0. The maximum atomic E-state index is 12.4. The van der Waals surface area contributed by atoms with Crippen LogP contribution in [-0.2, 0) is 0 Å². The molecule has 4 aromatic heterocycles. The van der Waals surface area contributed by atoms with Gasteiger partial charge in [-0.15, -0.1) is 0 Å². The van der Waals surface area contributed by atoms with Gasteiger partial charge >= 0.3 is 0 Å². The standard InChI is InChI=1S/C14H8ClN7O3/c15-9-8-10(17-5-16-8)20-14(19-9)21-12(24)7-11(23)18-6-3-1-2-4-22(6)13(7)25/h1-5,23H,(H2,16,17,19,20,21,24). The van der Waals surface area contributed by atoms with Crippen LogP contribution in [0.5, 0.6) is 5.88 Å². The minimum absolute atomic E-state index is 0.0513. The molecule has 0 aliphatic rings. The van der Waals surface area contributed by atoms with E-state index < -0.39 is 22.9 Å². The van der Waals surface area contributed by atoms with Crippen molar-refractivity contribution in [3.05, 3.63) is 51.8 Å². The summed E-state index contributed by atoms with van der Waals surface area (Å²) in [6, 6.07) is 4.77. The summed E-state index contributed by atoms with van der Waals surface area (Å²) in [7, 11) is 0. The van der Waals surface area contributed by atoms with Crippen LogP contribution in [0.4, 0.5) is 5.95 Å². The third-order valence-electron chi connectivity index (χ3n) is 3.41. The predicted octanol–water partition coefficient (Wildman–Crippen LogP) is 0.972. The Morgan fingerprint density at radius 3 is 2.96 bits per heavy atom. The Balaban J connectivity index is 1.78. The first-order valence-corrected chi connectivity index (χ1v) is 7.31. The maximum absolute atomic E-state index is 12.4. The molecule has 4 aromatic rings. The molecule has 0 unspecified atom stereocenters. The van der Waals surface area contributed by atoms with E-state index in [4.69, 9.17) is 11.6 Å². The highest BCUT2D eigenvalue weighted by molar-refractivity contribution is 6.33. The molecular formula is C14H8ClN7O3. The van der Waals surface area contributed by atoms with Gasteiger partial charge in [0.15, 0.2) is 16.4 Å². The number of aromatic nitrogens is 6. The molecule has 25 heavy (non-hydrogen) atoms. The molecule has 124 valence electrons. The fourth-order valence-electron chi connectivity index (χ4n) is 2.29. The molecule has 0 spiro atoms. The molecule has 10 nitrogen and oxygen atoms in total. The van der Waals surface area contributed by atoms with E-state index in [0.29, 0.717) is 5.52 Å². The fourth-order valence-corrected chi connectivity index (χ4v) is 2.51. The summed E-state index contributed by atoms with van der Waals surface area (Å²) in [6.07, 6.45) is 2.81. The molecule has 4 heterocycles. The quantitative estimate of drug-likeness (QED) is 0.454. The molecule has 0 atom stereocenters. The number of hydrogen-bond donors (Lipinski definition) is 3. The number of imidazole rings is 1. The van der Waals surface area contributed by atoms with Gasteiger partial charge in [-0.05, 0) is 12.1 Å². The Bertz CT molecular complexity index is 1200. The number of nitrogens with one attached hydrogen (secondary N) is 2. The number of hydrogen-bond acceptors (Lipinski definition) is 7. The molecule has 0 aliphatic heterocycles. The van der Waals surface area contributed by atoms with Crippen LogP contribution in [0.25, 0.3) is 16.8 Å². The van der Waals surface area contributed by atoms with Crippen LogP contribution in [0.3, 0.4) is 0 Å². The van der Waals surface area contributed by atoms with E-state index in [1.807, 2.05) is 0 Å². The van der Waals surface area contributed by atoms with E-state index in [1.165, 1.54) is 18.6 Å². The van der Waals surface area contributed by atoms with Crippen LogP contribution in [-0.4, -0.2) is 40.3 Å². The first-order chi connectivity index (χ1) is 12.0. The molecule has 0 aromatic carbocycles. The van der Waals surface area contributed by atoms with E-state index in [-0.39, 0.29) is 22.4 Å². The molecule has 0 fully saturated rings. The van der Waals surface area contributed by atoms with Crippen LogP contribution in [0.2, 0.25) is 5.15 Å². The second kappa shape index (κ2) is 5.53. The first-order valence-electron chi connectivity index (χ1n) is 6.93. The number of rotatable bonds is 2. The van der Waals surface area contributed by atoms with Gasteiger partial charge in [-0.2, -0.15) is 15.0 Å². The number of amides is 1. The van der Waals surface area contributed by atoms with Crippen molar-refractivity contribution in [3.8, 4) is 5.88 Å². The summed E-state index contributed by atoms with van der Waals surface area (Å²) in [6.45, 7) is 0. The molecule has 4 rings (SSSR count). The molecule has 0 radical (unpaired) electrons. The summed E-state index contributed by atoms with van der Waals surface area (Å²) >= 11 is 5.97. The number of halogens is 1. The predicted molar refractivity (Wildman–Crippen MR) is 87.8 cm³/mol. The van der Waals surface area contributed by atoms with Gasteiger partial charge in [0.25, 0.3) is 11.5 Å². The van der Waals surface area contributed by atoms with E-state index in [9.17, 15) is 14.7 Å². The van der Waals surface area contributed by atoms with Crippen molar-refractivity contribution in [2.45, 2.75) is 0 Å². The largest absolute Gasteiger partial charge is 0.493 e. The van der Waals surface area contributed by atoms with Gasteiger partial charge in [0, 0.05) is 6.20 Å². The minimum Gasteiger partial charge on any atom is -0.493 e. The Morgan fingerprint density at radius 2 is 2.12 bits per heavy atom. The molecule has 0 aliphatic carbocycles. The lowest BCUT2D eigenvalue weighted by atomic mass is 10.3. The molecular weight excluding hydrogens is 350 g/mol. The van der Waals surface area contributed by atoms with Gasteiger partial charge in [0.2, 0.25) is 11.8 Å². The highest BCUT2D eigenvalue weighted by Gasteiger charge is 2.21. The number of H-pyrrole nitrogens is 1. The van der Waals surface area contributed by atoms with Crippen LogP contribution in [0.15, 0.2) is 35.5 Å². The molecule has 0 saturated heterocycles. The smallest absolute Gasteiger partial charge is 0.274 e. The number of carbonyl (C=O) groups is 1. The van der Waals surface area contributed by atoms with Gasteiger partial charge in [0.05, 0.1) is 6.33 Å². The zero-order chi connectivity index (χ0) is 17.6. The van der Waals surface area contributed by atoms with Crippen LogP contribution >= 0.6 is 11.6 Å². The van der Waals surface area contributed by atoms with Crippen molar-refractivity contribution in [2.75, 3.05) is 5.32 Å². The van der Waals surface area contributed by atoms with Gasteiger partial charge < -0.3 is 10.1 Å². The topological polar surface area (TPSA) is 138 Å². The average molecular weight is 358 g/mol. The summed E-state index contributed by atoms with van der Waals surface area (Å²) in [5, 5.41) is 12.3. The summed E-state index contributed by atoms with van der Waals surface area (Å²) in [5.74, 6) is -1.77. The van der Waals surface area contributed by atoms with Gasteiger partial charge in [-0.25, -0.2) is 4.98 Å². The highest BCUT2D eigenvalue weighted by Crippen LogP contribution is 2.19. The molecule has 11 heteroatoms. The van der Waals surface area contributed by atoms with Crippen LogP contribution in [0, 0.1) is 0 Å². The van der Waals surface area contributed by atoms with Crippen molar-refractivity contribution in [3.63, 3.8) is 0 Å².